The maximum atomic E-state index is 13.0. The molecule has 1 heterocycles. The minimum Gasteiger partial charge on any atom is -0.497 e. The highest BCUT2D eigenvalue weighted by Gasteiger charge is 2.18. The third-order valence-corrected chi connectivity index (χ3v) is 4.69. The molecule has 28 heavy (non-hydrogen) atoms. The van der Waals surface area contributed by atoms with E-state index in [4.69, 9.17) is 21.1 Å². The van der Waals surface area contributed by atoms with Crippen LogP contribution in [0.3, 0.4) is 0 Å². The van der Waals surface area contributed by atoms with Gasteiger partial charge in [-0.3, -0.25) is 9.59 Å². The number of hydrogen-bond acceptors (Lipinski definition) is 4. The second-order valence-corrected chi connectivity index (χ2v) is 6.99. The lowest BCUT2D eigenvalue weighted by Gasteiger charge is -2.17. The third kappa shape index (κ3) is 3.68. The number of methoxy groups -OCH3 is 2. The molecular weight excluding hydrogens is 380 g/mol. The van der Waals surface area contributed by atoms with Crippen LogP contribution >= 0.6 is 11.6 Å². The van der Waals surface area contributed by atoms with Gasteiger partial charge in [0.1, 0.15) is 17.1 Å². The maximum absolute atomic E-state index is 13.0. The van der Waals surface area contributed by atoms with Crippen LogP contribution in [0.2, 0.25) is 5.02 Å². The molecule has 0 saturated carbocycles. The number of amides is 1. The predicted molar refractivity (Wildman–Crippen MR) is 111 cm³/mol. The van der Waals surface area contributed by atoms with E-state index >= 15 is 0 Å². The summed E-state index contributed by atoms with van der Waals surface area (Å²) in [5.74, 6) is 0.503. The molecule has 146 valence electrons. The van der Waals surface area contributed by atoms with Gasteiger partial charge in [-0.2, -0.15) is 0 Å². The molecule has 0 radical (unpaired) electrons. The van der Waals surface area contributed by atoms with Crippen LogP contribution in [0.4, 0.5) is 5.69 Å². The van der Waals surface area contributed by atoms with E-state index in [1.54, 1.807) is 49.7 Å². The highest BCUT2D eigenvalue weighted by atomic mass is 35.5. The van der Waals surface area contributed by atoms with Gasteiger partial charge in [-0.1, -0.05) is 11.6 Å². The van der Waals surface area contributed by atoms with Crippen LogP contribution in [-0.4, -0.2) is 24.7 Å². The Morgan fingerprint density at radius 3 is 2.50 bits per heavy atom. The monoisotopic (exact) mass is 400 g/mol. The van der Waals surface area contributed by atoms with E-state index in [9.17, 15) is 9.59 Å². The molecule has 7 heteroatoms. The molecular formula is C21H21ClN2O4. The van der Waals surface area contributed by atoms with Crippen molar-refractivity contribution in [3.05, 3.63) is 63.4 Å². The van der Waals surface area contributed by atoms with Gasteiger partial charge in [0.05, 0.1) is 25.4 Å². The first-order valence-electron chi connectivity index (χ1n) is 8.73. The number of carbonyl (C=O) groups excluding carboxylic acids is 1. The van der Waals surface area contributed by atoms with Crippen molar-refractivity contribution >= 4 is 34.1 Å². The van der Waals surface area contributed by atoms with Gasteiger partial charge in [-0.05, 0) is 44.2 Å². The maximum Gasteiger partial charge on any atom is 0.261 e. The molecule has 3 rings (SSSR count). The van der Waals surface area contributed by atoms with E-state index in [2.05, 4.69) is 5.32 Å². The summed E-state index contributed by atoms with van der Waals surface area (Å²) < 4.78 is 12.4. The summed E-state index contributed by atoms with van der Waals surface area (Å²) in [7, 11) is 3.04. The molecule has 0 aliphatic rings. The van der Waals surface area contributed by atoms with E-state index in [-0.39, 0.29) is 17.0 Å². The van der Waals surface area contributed by atoms with Crippen LogP contribution in [0, 0.1) is 0 Å². The van der Waals surface area contributed by atoms with E-state index in [1.807, 2.05) is 18.4 Å². The molecule has 1 N–H and O–H groups in total. The van der Waals surface area contributed by atoms with Gasteiger partial charge in [0.25, 0.3) is 5.91 Å². The molecule has 2 aromatic carbocycles. The number of hydrogen-bond donors (Lipinski definition) is 1. The normalized spacial score (nSPS) is 10.9. The van der Waals surface area contributed by atoms with Gasteiger partial charge in [0.15, 0.2) is 0 Å². The van der Waals surface area contributed by atoms with Crippen molar-refractivity contribution < 1.29 is 14.3 Å². The van der Waals surface area contributed by atoms with Crippen LogP contribution < -0.4 is 20.2 Å². The molecule has 0 bridgehead atoms. The van der Waals surface area contributed by atoms with E-state index in [1.165, 1.54) is 7.11 Å². The molecule has 0 spiro atoms. The van der Waals surface area contributed by atoms with E-state index in [0.717, 1.165) is 5.52 Å². The average Bonchev–Trinajstić information content (AvgIpc) is 2.68. The summed E-state index contributed by atoms with van der Waals surface area (Å²) in [6.45, 7) is 3.96. The summed E-state index contributed by atoms with van der Waals surface area (Å²) in [6, 6.07) is 10.2. The van der Waals surface area contributed by atoms with Gasteiger partial charge in [0, 0.05) is 28.7 Å². The SMILES string of the molecule is COc1ccc(NC(=O)c2cn(C(C)C)c3ccc(Cl)cc3c2=O)c(OC)c1. The number of nitrogens with one attached hydrogen (secondary N) is 1. The zero-order valence-corrected chi connectivity index (χ0v) is 16.8. The van der Waals surface area contributed by atoms with Crippen molar-refractivity contribution in [1.82, 2.24) is 4.57 Å². The molecule has 6 nitrogen and oxygen atoms in total. The topological polar surface area (TPSA) is 69.6 Å². The van der Waals surface area contributed by atoms with Crippen molar-refractivity contribution in [1.29, 1.82) is 0 Å². The standard InChI is InChI=1S/C21H21ClN2O4/c1-12(2)24-11-16(20(25)15-9-13(22)5-8-18(15)24)21(26)23-17-7-6-14(27-3)10-19(17)28-4/h5-12H,1-4H3,(H,23,26). The Morgan fingerprint density at radius 2 is 1.86 bits per heavy atom. The number of ether oxygens (including phenoxy) is 2. The van der Waals surface area contributed by atoms with Crippen molar-refractivity contribution in [3.63, 3.8) is 0 Å². The minimum atomic E-state index is -0.523. The zero-order valence-electron chi connectivity index (χ0n) is 16.1. The van der Waals surface area contributed by atoms with Crippen molar-refractivity contribution in [2.45, 2.75) is 19.9 Å². The van der Waals surface area contributed by atoms with Crippen molar-refractivity contribution in [2.75, 3.05) is 19.5 Å². The number of nitrogens with zero attached hydrogens (tertiary/aromatic N) is 1. The van der Waals surface area contributed by atoms with Crippen LogP contribution in [0.1, 0.15) is 30.2 Å². The molecule has 0 atom stereocenters. The lowest BCUT2D eigenvalue weighted by atomic mass is 10.1. The summed E-state index contributed by atoms with van der Waals surface area (Å²) in [6.07, 6.45) is 1.58. The van der Waals surface area contributed by atoms with Crippen LogP contribution in [0.5, 0.6) is 11.5 Å². The van der Waals surface area contributed by atoms with E-state index in [0.29, 0.717) is 27.6 Å². The minimum absolute atomic E-state index is 0.0290. The number of carbonyl (C=O) groups is 1. The van der Waals surface area contributed by atoms with Crippen molar-refractivity contribution in [3.8, 4) is 11.5 Å². The summed E-state index contributed by atoms with van der Waals surface area (Å²) in [5.41, 5.74) is 0.818. The number of aromatic nitrogens is 1. The quantitative estimate of drug-likeness (QED) is 0.684. The van der Waals surface area contributed by atoms with Crippen LogP contribution in [-0.2, 0) is 0 Å². The molecule has 0 saturated heterocycles. The Morgan fingerprint density at radius 1 is 1.11 bits per heavy atom. The molecule has 0 aliphatic carbocycles. The van der Waals surface area contributed by atoms with E-state index < -0.39 is 5.91 Å². The Labute approximate surface area is 167 Å². The molecule has 0 unspecified atom stereocenters. The molecule has 1 amide bonds. The number of benzene rings is 2. The molecule has 0 fully saturated rings. The highest BCUT2D eigenvalue weighted by Crippen LogP contribution is 2.29. The number of rotatable bonds is 5. The molecule has 0 aliphatic heterocycles. The highest BCUT2D eigenvalue weighted by molar-refractivity contribution is 6.31. The zero-order chi connectivity index (χ0) is 20.4. The van der Waals surface area contributed by atoms with Gasteiger partial charge in [0.2, 0.25) is 5.43 Å². The summed E-state index contributed by atoms with van der Waals surface area (Å²) in [5, 5.41) is 3.59. The van der Waals surface area contributed by atoms with Gasteiger partial charge < -0.3 is 19.4 Å². The number of halogens is 1. The predicted octanol–water partition coefficient (Wildman–Crippen LogP) is 4.51. The van der Waals surface area contributed by atoms with Crippen LogP contribution in [0.25, 0.3) is 10.9 Å². The summed E-state index contributed by atoms with van der Waals surface area (Å²) in [4.78, 5) is 25.9. The van der Waals surface area contributed by atoms with Gasteiger partial charge in [-0.25, -0.2) is 0 Å². The first kappa shape index (κ1) is 19.8. The largest absolute Gasteiger partial charge is 0.497 e. The second kappa shape index (κ2) is 7.94. The fraction of sp³-hybridized carbons (Fsp3) is 0.238. The number of pyridine rings is 1. The first-order valence-corrected chi connectivity index (χ1v) is 9.11. The van der Waals surface area contributed by atoms with Gasteiger partial charge >= 0.3 is 0 Å². The molecule has 1 aromatic heterocycles. The Bertz CT molecular complexity index is 1110. The fourth-order valence-corrected chi connectivity index (χ4v) is 3.18. The second-order valence-electron chi connectivity index (χ2n) is 6.55. The Kier molecular flexibility index (Phi) is 5.61. The fourth-order valence-electron chi connectivity index (χ4n) is 3.01. The van der Waals surface area contributed by atoms with Gasteiger partial charge in [-0.15, -0.1) is 0 Å². The average molecular weight is 401 g/mol. The number of fused-ring (bicyclic) bond motifs is 1. The molecule has 3 aromatic rings. The van der Waals surface area contributed by atoms with Crippen LogP contribution in [0.15, 0.2) is 47.4 Å². The third-order valence-electron chi connectivity index (χ3n) is 4.45. The lowest BCUT2D eigenvalue weighted by molar-refractivity contribution is 0.102. The Hall–Kier alpha value is -2.99. The lowest BCUT2D eigenvalue weighted by Crippen LogP contribution is -2.24. The van der Waals surface area contributed by atoms with Crippen molar-refractivity contribution in [2.24, 2.45) is 0 Å². The Balaban J connectivity index is 2.10. The summed E-state index contributed by atoms with van der Waals surface area (Å²) >= 11 is 6.08. The first-order chi connectivity index (χ1) is 13.3. The smallest absolute Gasteiger partial charge is 0.261 e. The number of anilines is 1.